The van der Waals surface area contributed by atoms with Gasteiger partial charge in [0.15, 0.2) is 0 Å². The first kappa shape index (κ1) is 10.9. The Bertz CT molecular complexity index is 313. The molecule has 0 aromatic heterocycles. The van der Waals surface area contributed by atoms with Crippen LogP contribution in [0.25, 0.3) is 0 Å². The van der Waals surface area contributed by atoms with Gasteiger partial charge in [0.25, 0.3) is 0 Å². The Hall–Kier alpha value is -1.22. The molecule has 0 fully saturated rings. The van der Waals surface area contributed by atoms with Crippen molar-refractivity contribution in [2.45, 2.75) is 6.92 Å². The fourth-order valence-corrected chi connectivity index (χ4v) is 1.40. The highest BCUT2D eigenvalue weighted by Crippen LogP contribution is 2.11. The van der Waals surface area contributed by atoms with E-state index in [4.69, 9.17) is 0 Å². The van der Waals surface area contributed by atoms with Crippen molar-refractivity contribution in [1.29, 1.82) is 0 Å². The van der Waals surface area contributed by atoms with Gasteiger partial charge < -0.3 is 4.90 Å². The van der Waals surface area contributed by atoms with E-state index in [1.807, 2.05) is 32.0 Å². The van der Waals surface area contributed by atoms with Gasteiger partial charge in [0.05, 0.1) is 5.92 Å². The lowest BCUT2D eigenvalue weighted by Gasteiger charge is -2.14. The number of rotatable bonds is 2. The summed E-state index contributed by atoms with van der Waals surface area (Å²) in [5.74, 6) is -1.00. The van der Waals surface area contributed by atoms with Crippen molar-refractivity contribution in [2.75, 3.05) is 20.6 Å². The van der Waals surface area contributed by atoms with Crippen LogP contribution in [0.5, 0.6) is 0 Å². The average Bonchev–Trinajstić information content (AvgIpc) is 2.18. The Labute approximate surface area is 84.1 Å². The molecular formula is C11H15NO2. The number of carbonyl (C=O) groups excluding carboxylic acids is 2. The summed E-state index contributed by atoms with van der Waals surface area (Å²) in [6, 6.07) is 0. The predicted molar refractivity (Wildman–Crippen MR) is 55.0 cm³/mol. The third-order valence-corrected chi connectivity index (χ3v) is 2.09. The number of ketones is 2. The molecule has 0 aromatic rings. The highest BCUT2D eigenvalue weighted by Gasteiger charge is 2.23. The molecule has 0 saturated heterocycles. The quantitative estimate of drug-likeness (QED) is 0.609. The molecule has 1 atom stereocenters. The van der Waals surface area contributed by atoms with E-state index >= 15 is 0 Å². The number of carbonyl (C=O) groups is 2. The van der Waals surface area contributed by atoms with Gasteiger partial charge in [0.2, 0.25) is 11.6 Å². The van der Waals surface area contributed by atoms with Crippen molar-refractivity contribution >= 4 is 11.6 Å². The van der Waals surface area contributed by atoms with Crippen molar-refractivity contribution in [3.05, 3.63) is 23.8 Å². The highest BCUT2D eigenvalue weighted by atomic mass is 16.2. The van der Waals surface area contributed by atoms with E-state index in [1.54, 1.807) is 6.08 Å². The lowest BCUT2D eigenvalue weighted by atomic mass is 10.0. The molecule has 0 amide bonds. The van der Waals surface area contributed by atoms with Gasteiger partial charge in [-0.3, -0.25) is 9.59 Å². The van der Waals surface area contributed by atoms with E-state index in [0.29, 0.717) is 6.54 Å². The van der Waals surface area contributed by atoms with E-state index in [2.05, 4.69) is 0 Å². The van der Waals surface area contributed by atoms with Crippen molar-refractivity contribution in [3.8, 4) is 0 Å². The summed E-state index contributed by atoms with van der Waals surface area (Å²) in [5.41, 5.74) is 0.838. The Balaban J connectivity index is 2.84. The summed E-state index contributed by atoms with van der Waals surface area (Å²) in [7, 11) is 3.77. The highest BCUT2D eigenvalue weighted by molar-refractivity contribution is 6.43. The van der Waals surface area contributed by atoms with Gasteiger partial charge in [0.1, 0.15) is 0 Å². The molecule has 3 heteroatoms. The first-order chi connectivity index (χ1) is 6.50. The zero-order valence-corrected chi connectivity index (χ0v) is 8.78. The van der Waals surface area contributed by atoms with Crippen LogP contribution in [0.2, 0.25) is 0 Å². The van der Waals surface area contributed by atoms with Gasteiger partial charge in [-0.25, -0.2) is 0 Å². The molecule has 76 valence electrons. The summed E-state index contributed by atoms with van der Waals surface area (Å²) >= 11 is 0. The minimum atomic E-state index is -0.389. The second-order valence-electron chi connectivity index (χ2n) is 3.84. The summed E-state index contributed by atoms with van der Waals surface area (Å²) in [6.07, 6.45) is 5.03. The number of nitrogens with zero attached hydrogens (tertiary/aromatic N) is 1. The fraction of sp³-hybridized carbons (Fsp3) is 0.455. The Kier molecular flexibility index (Phi) is 3.36. The van der Waals surface area contributed by atoms with Crippen LogP contribution >= 0.6 is 0 Å². The van der Waals surface area contributed by atoms with Crippen molar-refractivity contribution in [1.82, 2.24) is 4.90 Å². The first-order valence-electron chi connectivity index (χ1n) is 4.60. The lowest BCUT2D eigenvalue weighted by Crippen LogP contribution is -2.29. The first-order valence-corrected chi connectivity index (χ1v) is 4.60. The van der Waals surface area contributed by atoms with Crippen molar-refractivity contribution in [2.24, 2.45) is 5.92 Å². The summed E-state index contributed by atoms with van der Waals surface area (Å²) in [6.45, 7) is 2.40. The molecule has 0 heterocycles. The summed E-state index contributed by atoms with van der Waals surface area (Å²) < 4.78 is 0. The van der Waals surface area contributed by atoms with Gasteiger partial charge in [-0.2, -0.15) is 0 Å². The molecule has 0 spiro atoms. The summed E-state index contributed by atoms with van der Waals surface area (Å²) in [4.78, 5) is 24.8. The van der Waals surface area contributed by atoms with Gasteiger partial charge in [-0.15, -0.1) is 0 Å². The van der Waals surface area contributed by atoms with Crippen LogP contribution in [-0.4, -0.2) is 37.1 Å². The smallest absolute Gasteiger partial charge is 0.222 e. The molecule has 0 aliphatic heterocycles. The molecule has 1 rings (SSSR count). The van der Waals surface area contributed by atoms with Crippen molar-refractivity contribution in [3.63, 3.8) is 0 Å². The largest absolute Gasteiger partial charge is 0.308 e. The zero-order valence-electron chi connectivity index (χ0n) is 8.78. The average molecular weight is 193 g/mol. The molecule has 0 N–H and O–H groups in total. The molecule has 0 radical (unpaired) electrons. The number of hydrogen-bond donors (Lipinski definition) is 0. The lowest BCUT2D eigenvalue weighted by molar-refractivity contribution is -0.135. The van der Waals surface area contributed by atoms with Crippen LogP contribution in [0.15, 0.2) is 23.8 Å². The molecular weight excluding hydrogens is 178 g/mol. The maximum atomic E-state index is 11.6. The Morgan fingerprint density at radius 1 is 1.36 bits per heavy atom. The van der Waals surface area contributed by atoms with Gasteiger partial charge in [0, 0.05) is 6.54 Å². The predicted octanol–water partition coefficient (Wildman–Crippen LogP) is 0.819. The minimum Gasteiger partial charge on any atom is -0.308 e. The van der Waals surface area contributed by atoms with E-state index in [9.17, 15) is 9.59 Å². The molecule has 1 aliphatic rings. The third-order valence-electron chi connectivity index (χ3n) is 2.09. The topological polar surface area (TPSA) is 37.4 Å². The molecule has 0 aromatic carbocycles. The van der Waals surface area contributed by atoms with Gasteiger partial charge in [-0.05, 0) is 32.7 Å². The maximum Gasteiger partial charge on any atom is 0.222 e. The standard InChI is InChI=1S/C11H15NO2/c1-8-4-5-9(7-12(2)3)11(14)10(13)6-8/h4-6,9H,7H2,1-3H3. The van der Waals surface area contributed by atoms with Crippen LogP contribution in [0.1, 0.15) is 6.92 Å². The van der Waals surface area contributed by atoms with Crippen LogP contribution in [0.3, 0.4) is 0 Å². The van der Waals surface area contributed by atoms with E-state index in [0.717, 1.165) is 5.57 Å². The number of hydrogen-bond acceptors (Lipinski definition) is 3. The second kappa shape index (κ2) is 4.33. The molecule has 0 bridgehead atoms. The van der Waals surface area contributed by atoms with Gasteiger partial charge >= 0.3 is 0 Å². The molecule has 3 nitrogen and oxygen atoms in total. The van der Waals surface area contributed by atoms with Crippen LogP contribution in [0, 0.1) is 5.92 Å². The molecule has 1 unspecified atom stereocenters. The van der Waals surface area contributed by atoms with E-state index in [-0.39, 0.29) is 17.5 Å². The fourth-order valence-electron chi connectivity index (χ4n) is 1.40. The molecule has 1 aliphatic carbocycles. The minimum absolute atomic E-state index is 0.300. The van der Waals surface area contributed by atoms with E-state index in [1.165, 1.54) is 6.08 Å². The number of allylic oxidation sites excluding steroid dienone is 3. The zero-order chi connectivity index (χ0) is 10.7. The Morgan fingerprint density at radius 3 is 2.57 bits per heavy atom. The Morgan fingerprint density at radius 2 is 2.00 bits per heavy atom. The second-order valence-corrected chi connectivity index (χ2v) is 3.84. The van der Waals surface area contributed by atoms with Gasteiger partial charge in [-0.1, -0.05) is 12.2 Å². The van der Waals surface area contributed by atoms with Crippen LogP contribution in [0.4, 0.5) is 0 Å². The SMILES string of the molecule is CC1=CC(=O)C(=O)C(CN(C)C)C=C1. The maximum absolute atomic E-state index is 11.6. The summed E-state index contributed by atoms with van der Waals surface area (Å²) in [5, 5.41) is 0. The normalized spacial score (nSPS) is 22.6. The molecule has 14 heavy (non-hydrogen) atoms. The van der Waals surface area contributed by atoms with Crippen LogP contribution < -0.4 is 0 Å². The number of Topliss-reactive ketones (excluding diaryl/α,β-unsaturated/α-hetero) is 1. The third kappa shape index (κ3) is 2.64. The van der Waals surface area contributed by atoms with Crippen LogP contribution in [-0.2, 0) is 9.59 Å². The monoisotopic (exact) mass is 193 g/mol. The van der Waals surface area contributed by atoms with E-state index < -0.39 is 0 Å². The molecule has 0 saturated carbocycles. The van der Waals surface area contributed by atoms with Crippen molar-refractivity contribution < 1.29 is 9.59 Å².